The number of phenols is 1. The normalized spacial score (nSPS) is 12.1. The van der Waals surface area contributed by atoms with Gasteiger partial charge in [-0.3, -0.25) is 0 Å². The highest BCUT2D eigenvalue weighted by Crippen LogP contribution is 2.24. The smallest absolute Gasteiger partial charge is 0.115 e. The van der Waals surface area contributed by atoms with Crippen LogP contribution >= 0.6 is 0 Å². The number of aromatic hydroxyl groups is 1. The third-order valence-electron chi connectivity index (χ3n) is 3.28. The van der Waals surface area contributed by atoms with Crippen LogP contribution in [-0.4, -0.2) is 12.2 Å². The number of ether oxygens (including phenoxy) is 1. The van der Waals surface area contributed by atoms with Crippen molar-refractivity contribution in [1.82, 2.24) is 0 Å². The van der Waals surface area contributed by atoms with Gasteiger partial charge in [0.15, 0.2) is 0 Å². The van der Waals surface area contributed by atoms with Crippen molar-refractivity contribution in [2.24, 2.45) is 0 Å². The van der Waals surface area contributed by atoms with E-state index in [1.165, 1.54) is 5.56 Å². The summed E-state index contributed by atoms with van der Waals surface area (Å²) < 4.78 is 5.16. The van der Waals surface area contributed by atoms with E-state index in [0.717, 1.165) is 17.7 Å². The number of rotatable bonds is 6. The number of hydrogen-bond donors (Lipinski definition) is 2. The van der Waals surface area contributed by atoms with E-state index in [1.54, 1.807) is 19.2 Å². The summed E-state index contributed by atoms with van der Waals surface area (Å²) in [7, 11) is 1.70. The molecule has 20 heavy (non-hydrogen) atoms. The Labute approximate surface area is 120 Å². The first-order chi connectivity index (χ1) is 9.72. The summed E-state index contributed by atoms with van der Waals surface area (Å²) in [5, 5.41) is 12.9. The van der Waals surface area contributed by atoms with E-state index in [9.17, 15) is 5.11 Å². The van der Waals surface area contributed by atoms with Crippen molar-refractivity contribution in [3.8, 4) is 5.75 Å². The summed E-state index contributed by atoms with van der Waals surface area (Å²) in [5.41, 5.74) is 3.40. The maximum Gasteiger partial charge on any atom is 0.115 e. The molecule has 0 spiro atoms. The Morgan fingerprint density at radius 1 is 1.15 bits per heavy atom. The van der Waals surface area contributed by atoms with Gasteiger partial charge < -0.3 is 15.2 Å². The van der Waals surface area contributed by atoms with Gasteiger partial charge in [-0.1, -0.05) is 31.2 Å². The molecule has 2 aromatic rings. The highest BCUT2D eigenvalue weighted by atomic mass is 16.5. The SMILES string of the molecule is CCC(Nc1cccc(COC)c1)c1ccc(O)cc1. The Morgan fingerprint density at radius 2 is 1.90 bits per heavy atom. The molecule has 0 fully saturated rings. The van der Waals surface area contributed by atoms with Crippen molar-refractivity contribution in [1.29, 1.82) is 0 Å². The zero-order chi connectivity index (χ0) is 14.4. The molecule has 0 amide bonds. The highest BCUT2D eigenvalue weighted by molar-refractivity contribution is 5.48. The van der Waals surface area contributed by atoms with Gasteiger partial charge in [-0.15, -0.1) is 0 Å². The number of methoxy groups -OCH3 is 1. The minimum absolute atomic E-state index is 0.230. The molecule has 0 aliphatic heterocycles. The van der Waals surface area contributed by atoms with E-state index < -0.39 is 0 Å². The second-order valence-corrected chi connectivity index (χ2v) is 4.83. The van der Waals surface area contributed by atoms with Crippen molar-refractivity contribution in [3.63, 3.8) is 0 Å². The lowest BCUT2D eigenvalue weighted by Crippen LogP contribution is -2.09. The molecule has 0 saturated heterocycles. The molecule has 0 aliphatic carbocycles. The van der Waals surface area contributed by atoms with Gasteiger partial charge in [0, 0.05) is 12.8 Å². The quantitative estimate of drug-likeness (QED) is 0.831. The average Bonchev–Trinajstić information content (AvgIpc) is 2.47. The molecule has 1 atom stereocenters. The number of nitrogens with one attached hydrogen (secondary N) is 1. The van der Waals surface area contributed by atoms with Gasteiger partial charge in [0.25, 0.3) is 0 Å². The average molecular weight is 271 g/mol. The van der Waals surface area contributed by atoms with Crippen molar-refractivity contribution in [2.45, 2.75) is 26.0 Å². The maximum absolute atomic E-state index is 9.36. The van der Waals surface area contributed by atoms with E-state index in [1.807, 2.05) is 18.2 Å². The molecule has 0 saturated carbocycles. The molecule has 2 N–H and O–H groups in total. The molecule has 2 aromatic carbocycles. The van der Waals surface area contributed by atoms with Crippen LogP contribution in [0.4, 0.5) is 5.69 Å². The fraction of sp³-hybridized carbons (Fsp3) is 0.294. The van der Waals surface area contributed by atoms with Crippen LogP contribution < -0.4 is 5.32 Å². The van der Waals surface area contributed by atoms with Gasteiger partial charge in [0.05, 0.1) is 12.6 Å². The van der Waals surface area contributed by atoms with Gasteiger partial charge in [-0.2, -0.15) is 0 Å². The zero-order valence-corrected chi connectivity index (χ0v) is 12.0. The van der Waals surface area contributed by atoms with Gasteiger partial charge >= 0.3 is 0 Å². The minimum atomic E-state index is 0.230. The predicted octanol–water partition coefficient (Wildman–Crippen LogP) is 4.10. The summed E-state index contributed by atoms with van der Waals surface area (Å²) in [4.78, 5) is 0. The second kappa shape index (κ2) is 6.96. The first kappa shape index (κ1) is 14.4. The largest absolute Gasteiger partial charge is 0.508 e. The molecule has 0 radical (unpaired) electrons. The summed E-state index contributed by atoms with van der Waals surface area (Å²) in [6.07, 6.45) is 0.972. The predicted molar refractivity (Wildman–Crippen MR) is 81.9 cm³/mol. The minimum Gasteiger partial charge on any atom is -0.508 e. The van der Waals surface area contributed by atoms with Crippen molar-refractivity contribution in [3.05, 3.63) is 59.7 Å². The number of phenolic OH excluding ortho intramolecular Hbond substituents is 1. The Hall–Kier alpha value is -2.00. The van der Waals surface area contributed by atoms with E-state index >= 15 is 0 Å². The second-order valence-electron chi connectivity index (χ2n) is 4.83. The van der Waals surface area contributed by atoms with Crippen LogP contribution in [0.15, 0.2) is 48.5 Å². The lowest BCUT2D eigenvalue weighted by atomic mass is 10.0. The van der Waals surface area contributed by atoms with Gasteiger partial charge in [-0.05, 0) is 41.8 Å². The van der Waals surface area contributed by atoms with Crippen LogP contribution in [0.5, 0.6) is 5.75 Å². The lowest BCUT2D eigenvalue weighted by molar-refractivity contribution is 0.185. The van der Waals surface area contributed by atoms with Crippen molar-refractivity contribution < 1.29 is 9.84 Å². The van der Waals surface area contributed by atoms with Crippen molar-refractivity contribution in [2.75, 3.05) is 12.4 Å². The molecule has 0 bridgehead atoms. The number of benzene rings is 2. The monoisotopic (exact) mass is 271 g/mol. The first-order valence-corrected chi connectivity index (χ1v) is 6.86. The molecular weight excluding hydrogens is 250 g/mol. The lowest BCUT2D eigenvalue weighted by Gasteiger charge is -2.19. The standard InChI is InChI=1S/C17H21NO2/c1-3-17(14-7-9-16(19)10-8-14)18-15-6-4-5-13(11-15)12-20-2/h4-11,17-19H,3,12H2,1-2H3. The maximum atomic E-state index is 9.36. The Bertz CT molecular complexity index is 537. The van der Waals surface area contributed by atoms with E-state index in [-0.39, 0.29) is 6.04 Å². The molecule has 106 valence electrons. The number of hydrogen-bond acceptors (Lipinski definition) is 3. The third-order valence-corrected chi connectivity index (χ3v) is 3.28. The van der Waals surface area contributed by atoms with Crippen LogP contribution in [-0.2, 0) is 11.3 Å². The van der Waals surface area contributed by atoms with Gasteiger partial charge in [0.1, 0.15) is 5.75 Å². The molecule has 0 aliphatic rings. The van der Waals surface area contributed by atoms with E-state index in [0.29, 0.717) is 12.4 Å². The van der Waals surface area contributed by atoms with Crippen LogP contribution in [0.2, 0.25) is 0 Å². The van der Waals surface area contributed by atoms with Gasteiger partial charge in [-0.25, -0.2) is 0 Å². The molecule has 2 rings (SSSR count). The third kappa shape index (κ3) is 3.75. The summed E-state index contributed by atoms with van der Waals surface area (Å²) in [5.74, 6) is 0.297. The van der Waals surface area contributed by atoms with Gasteiger partial charge in [0.2, 0.25) is 0 Å². The van der Waals surface area contributed by atoms with Crippen molar-refractivity contribution >= 4 is 5.69 Å². The Balaban J connectivity index is 2.13. The summed E-state index contributed by atoms with van der Waals surface area (Å²) >= 11 is 0. The van der Waals surface area contributed by atoms with E-state index in [4.69, 9.17) is 4.74 Å². The first-order valence-electron chi connectivity index (χ1n) is 6.86. The highest BCUT2D eigenvalue weighted by Gasteiger charge is 2.09. The summed E-state index contributed by atoms with van der Waals surface area (Å²) in [6.45, 7) is 2.76. The van der Waals surface area contributed by atoms with Crippen LogP contribution in [0.1, 0.15) is 30.5 Å². The van der Waals surface area contributed by atoms with Crippen LogP contribution in [0.3, 0.4) is 0 Å². The topological polar surface area (TPSA) is 41.5 Å². The Kier molecular flexibility index (Phi) is 5.02. The molecule has 3 heteroatoms. The molecule has 3 nitrogen and oxygen atoms in total. The van der Waals surface area contributed by atoms with E-state index in [2.05, 4.69) is 30.4 Å². The number of anilines is 1. The molecule has 1 unspecified atom stereocenters. The van der Waals surface area contributed by atoms with Crippen LogP contribution in [0.25, 0.3) is 0 Å². The molecular formula is C17H21NO2. The fourth-order valence-corrected chi connectivity index (χ4v) is 2.25. The fourth-order valence-electron chi connectivity index (χ4n) is 2.25. The van der Waals surface area contributed by atoms with Crippen LogP contribution in [0, 0.1) is 0 Å². The zero-order valence-electron chi connectivity index (χ0n) is 12.0. The molecule has 0 aromatic heterocycles. The summed E-state index contributed by atoms with van der Waals surface area (Å²) in [6, 6.07) is 15.8. The molecule has 0 heterocycles. The Morgan fingerprint density at radius 3 is 2.55 bits per heavy atom.